The van der Waals surface area contributed by atoms with E-state index in [2.05, 4.69) is 44.1 Å². The first-order valence-electron chi connectivity index (χ1n) is 14.2. The first kappa shape index (κ1) is 33.4. The molecule has 1 unspecified atom stereocenters. The molecule has 0 heterocycles. The van der Waals surface area contributed by atoms with Gasteiger partial charge in [0, 0.05) is 17.4 Å². The van der Waals surface area contributed by atoms with Crippen LogP contribution < -0.4 is 14.8 Å². The lowest BCUT2D eigenvalue weighted by molar-refractivity contribution is -0.141. The number of carbonyl (C=O) groups is 3. The fraction of sp³-hybridized carbons (Fsp3) is 0.250. The molecule has 44 heavy (non-hydrogen) atoms. The second kappa shape index (κ2) is 15.9. The van der Waals surface area contributed by atoms with E-state index in [9.17, 15) is 14.4 Å². The van der Waals surface area contributed by atoms with Crippen LogP contribution in [0.1, 0.15) is 50.3 Å². The number of ether oxygens (including phenoxy) is 4. The summed E-state index contributed by atoms with van der Waals surface area (Å²) in [6.45, 7) is 17.1. The van der Waals surface area contributed by atoms with Gasteiger partial charge in [-0.3, -0.25) is 4.79 Å². The molecule has 0 aliphatic heterocycles. The van der Waals surface area contributed by atoms with Crippen LogP contribution >= 0.6 is 0 Å². The Kier molecular flexibility index (Phi) is 12.1. The summed E-state index contributed by atoms with van der Waals surface area (Å²) in [6, 6.07) is 24.7. The van der Waals surface area contributed by atoms with Gasteiger partial charge in [0.05, 0.1) is 13.2 Å². The second-order valence-electron chi connectivity index (χ2n) is 10.4. The zero-order valence-corrected chi connectivity index (χ0v) is 25.5. The van der Waals surface area contributed by atoms with E-state index in [4.69, 9.17) is 18.9 Å². The lowest BCUT2D eigenvalue weighted by Crippen LogP contribution is -2.30. The van der Waals surface area contributed by atoms with E-state index < -0.39 is 23.4 Å². The van der Waals surface area contributed by atoms with Gasteiger partial charge in [-0.25, -0.2) is 9.59 Å². The normalized spacial score (nSPS) is 11.8. The molecule has 0 spiro atoms. The highest BCUT2D eigenvalue weighted by Gasteiger charge is 2.31. The Bertz CT molecular complexity index is 1380. The van der Waals surface area contributed by atoms with E-state index in [-0.39, 0.29) is 26.2 Å². The third kappa shape index (κ3) is 9.46. The molecule has 1 amide bonds. The van der Waals surface area contributed by atoms with Gasteiger partial charge in [-0.1, -0.05) is 74.3 Å². The molecule has 3 aromatic carbocycles. The second-order valence-corrected chi connectivity index (χ2v) is 10.4. The Hall–Kier alpha value is -5.11. The third-order valence-corrected chi connectivity index (χ3v) is 6.89. The quantitative estimate of drug-likeness (QED) is 0.0381. The summed E-state index contributed by atoms with van der Waals surface area (Å²) in [6.07, 6.45) is -0.132. The number of hydrogen-bond acceptors (Lipinski definition) is 7. The predicted molar refractivity (Wildman–Crippen MR) is 169 cm³/mol. The Balaban J connectivity index is 1.66. The van der Waals surface area contributed by atoms with Crippen LogP contribution in [-0.2, 0) is 24.5 Å². The van der Waals surface area contributed by atoms with Crippen molar-refractivity contribution in [1.82, 2.24) is 5.32 Å². The maximum absolute atomic E-state index is 12.3. The molecule has 3 aromatic rings. The maximum atomic E-state index is 12.3. The Morgan fingerprint density at radius 2 is 1.25 bits per heavy atom. The molecule has 3 rings (SSSR count). The van der Waals surface area contributed by atoms with Gasteiger partial charge in [0.2, 0.25) is 0 Å². The Morgan fingerprint density at radius 1 is 0.705 bits per heavy atom. The monoisotopic (exact) mass is 597 g/mol. The van der Waals surface area contributed by atoms with E-state index in [1.54, 1.807) is 38.1 Å². The van der Waals surface area contributed by atoms with Crippen molar-refractivity contribution in [2.24, 2.45) is 0 Å². The molecule has 230 valence electrons. The maximum Gasteiger partial charge on any atom is 0.412 e. The molecule has 8 nitrogen and oxygen atoms in total. The number of amides is 1. The lowest BCUT2D eigenvalue weighted by Gasteiger charge is -2.32. The van der Waals surface area contributed by atoms with Gasteiger partial charge in [0.1, 0.15) is 23.9 Å². The summed E-state index contributed by atoms with van der Waals surface area (Å²) in [5.74, 6) is 0.386. The van der Waals surface area contributed by atoms with Gasteiger partial charge in [0.15, 0.2) is 0 Å². The van der Waals surface area contributed by atoms with Crippen LogP contribution in [0.4, 0.5) is 4.79 Å². The largest absolute Gasteiger partial charge is 0.492 e. The Morgan fingerprint density at radius 3 is 1.80 bits per heavy atom. The molecule has 0 saturated carbocycles. The summed E-state index contributed by atoms with van der Waals surface area (Å²) in [4.78, 5) is 36.0. The third-order valence-electron chi connectivity index (χ3n) is 6.89. The van der Waals surface area contributed by atoms with Crippen molar-refractivity contribution in [1.29, 1.82) is 0 Å². The number of benzene rings is 3. The minimum absolute atomic E-state index is 0.109. The smallest absolute Gasteiger partial charge is 0.412 e. The van der Waals surface area contributed by atoms with E-state index in [0.717, 1.165) is 22.3 Å². The summed E-state index contributed by atoms with van der Waals surface area (Å²) >= 11 is 0. The first-order chi connectivity index (χ1) is 21.0. The van der Waals surface area contributed by atoms with Crippen LogP contribution in [0.15, 0.2) is 116 Å². The van der Waals surface area contributed by atoms with Gasteiger partial charge < -0.3 is 24.3 Å². The lowest BCUT2D eigenvalue weighted by atomic mass is 9.71. The van der Waals surface area contributed by atoms with Crippen molar-refractivity contribution in [3.05, 3.63) is 132 Å². The van der Waals surface area contributed by atoms with E-state index in [0.29, 0.717) is 29.3 Å². The van der Waals surface area contributed by atoms with Crippen LogP contribution in [0.5, 0.6) is 11.5 Å². The van der Waals surface area contributed by atoms with Crippen LogP contribution in [0.3, 0.4) is 0 Å². The van der Waals surface area contributed by atoms with E-state index >= 15 is 0 Å². The molecule has 0 radical (unpaired) electrons. The first-order valence-corrected chi connectivity index (χ1v) is 14.2. The SMILES string of the molecule is C=C(C)C(=C)OCCNC(=O)Oc1ccc(C(C)(c2ccccc2)c2ccc(OC(=O)CCCOC(=O)C(=C)C)cc2)cc1. The molecule has 0 saturated heterocycles. The minimum Gasteiger partial charge on any atom is -0.492 e. The number of allylic oxidation sites excluding steroid dienone is 1. The zero-order valence-electron chi connectivity index (χ0n) is 25.5. The molecule has 0 aliphatic carbocycles. The summed E-state index contributed by atoms with van der Waals surface area (Å²) in [5.41, 5.74) is 3.46. The van der Waals surface area contributed by atoms with E-state index in [1.165, 1.54) is 0 Å². The van der Waals surface area contributed by atoms with Gasteiger partial charge in [-0.05, 0) is 73.7 Å². The summed E-state index contributed by atoms with van der Waals surface area (Å²) < 4.78 is 21.3. The van der Waals surface area contributed by atoms with Crippen LogP contribution in [0.25, 0.3) is 0 Å². The Labute approximate surface area is 259 Å². The van der Waals surface area contributed by atoms with Crippen molar-refractivity contribution >= 4 is 18.0 Å². The predicted octanol–water partition coefficient (Wildman–Crippen LogP) is 7.04. The molecule has 0 fully saturated rings. The highest BCUT2D eigenvalue weighted by molar-refractivity contribution is 5.86. The molecule has 1 N–H and O–H groups in total. The van der Waals surface area contributed by atoms with Crippen molar-refractivity contribution in [3.8, 4) is 11.5 Å². The average molecular weight is 598 g/mol. The number of hydrogen-bond donors (Lipinski definition) is 1. The average Bonchev–Trinajstić information content (AvgIpc) is 3.01. The molecule has 0 bridgehead atoms. The number of nitrogens with one attached hydrogen (secondary N) is 1. The number of esters is 2. The molecular formula is C36H39NO7. The van der Waals surface area contributed by atoms with Crippen LogP contribution in [-0.4, -0.2) is 37.8 Å². The van der Waals surface area contributed by atoms with Crippen LogP contribution in [0.2, 0.25) is 0 Å². The van der Waals surface area contributed by atoms with Gasteiger partial charge >= 0.3 is 18.0 Å². The fourth-order valence-corrected chi connectivity index (χ4v) is 4.26. The van der Waals surface area contributed by atoms with Crippen molar-refractivity contribution in [2.75, 3.05) is 19.8 Å². The number of carbonyl (C=O) groups excluding carboxylic acids is 3. The molecular weight excluding hydrogens is 558 g/mol. The molecule has 8 heteroatoms. The molecule has 1 atom stereocenters. The van der Waals surface area contributed by atoms with Crippen molar-refractivity contribution in [2.45, 2.75) is 39.0 Å². The van der Waals surface area contributed by atoms with Crippen molar-refractivity contribution < 1.29 is 33.3 Å². The zero-order chi connectivity index (χ0) is 32.1. The number of rotatable bonds is 15. The topological polar surface area (TPSA) is 100 Å². The minimum atomic E-state index is -0.592. The van der Waals surface area contributed by atoms with Crippen molar-refractivity contribution in [3.63, 3.8) is 0 Å². The fourth-order valence-electron chi connectivity index (χ4n) is 4.26. The summed E-state index contributed by atoms with van der Waals surface area (Å²) in [5, 5.41) is 2.65. The molecule has 0 aromatic heterocycles. The van der Waals surface area contributed by atoms with Gasteiger partial charge in [0.25, 0.3) is 0 Å². The highest BCUT2D eigenvalue weighted by atomic mass is 16.6. The van der Waals surface area contributed by atoms with E-state index in [1.807, 2.05) is 42.5 Å². The molecule has 0 aliphatic rings. The van der Waals surface area contributed by atoms with Gasteiger partial charge in [-0.2, -0.15) is 0 Å². The standard InChI is InChI=1S/C36H39NO7/c1-25(2)27(5)41-24-22-37-35(40)44-32-20-16-30(17-21-32)36(6,28-11-8-7-9-12-28)29-14-18-31(19-15-29)43-33(38)13-10-23-42-34(39)26(3)4/h7-9,11-12,14-21H,1,3,5,10,13,22-24H2,2,4,6H3,(H,37,40). The van der Waals surface area contributed by atoms with Crippen LogP contribution in [0, 0.1) is 0 Å². The highest BCUT2D eigenvalue weighted by Crippen LogP contribution is 2.40. The summed E-state index contributed by atoms with van der Waals surface area (Å²) in [7, 11) is 0. The van der Waals surface area contributed by atoms with Gasteiger partial charge in [-0.15, -0.1) is 0 Å².